The maximum atomic E-state index is 12.7. The van der Waals surface area contributed by atoms with Gasteiger partial charge in [0.05, 0.1) is 16.7 Å². The molecule has 0 unspecified atom stereocenters. The predicted octanol–water partition coefficient (Wildman–Crippen LogP) is 3.11. The van der Waals surface area contributed by atoms with Crippen LogP contribution >= 0.6 is 0 Å². The van der Waals surface area contributed by atoms with E-state index < -0.39 is 5.97 Å². The van der Waals surface area contributed by atoms with Crippen LogP contribution in [0.2, 0.25) is 0 Å². The highest BCUT2D eigenvalue weighted by Gasteiger charge is 2.25. The number of phenols is 1. The number of rotatable bonds is 2. The molecule has 0 saturated carbocycles. The van der Waals surface area contributed by atoms with Gasteiger partial charge in [0, 0.05) is 21.7 Å². The zero-order valence-corrected chi connectivity index (χ0v) is 15.4. The predicted molar refractivity (Wildman–Crippen MR) is 106 cm³/mol. The van der Waals surface area contributed by atoms with Gasteiger partial charge in [-0.05, 0) is 49.2 Å². The number of carbonyl (C=O) groups is 1. The van der Waals surface area contributed by atoms with Crippen LogP contribution in [-0.2, 0) is 4.79 Å². The van der Waals surface area contributed by atoms with Gasteiger partial charge in [0.1, 0.15) is 11.5 Å². The molecule has 0 amide bonds. The first-order valence-corrected chi connectivity index (χ1v) is 8.96. The van der Waals surface area contributed by atoms with Crippen LogP contribution in [0.5, 0.6) is 11.5 Å². The third-order valence-electron chi connectivity index (χ3n) is 5.13. The van der Waals surface area contributed by atoms with Gasteiger partial charge in [-0.2, -0.15) is 0 Å². The van der Waals surface area contributed by atoms with Gasteiger partial charge in [0.25, 0.3) is 0 Å². The minimum atomic E-state index is -0.545. The highest BCUT2D eigenvalue weighted by molar-refractivity contribution is 6.53. The van der Waals surface area contributed by atoms with Crippen molar-refractivity contribution in [3.8, 4) is 11.5 Å². The molecule has 2 aliphatic heterocycles. The lowest BCUT2D eigenvalue weighted by molar-refractivity contribution is -0.126. The van der Waals surface area contributed by atoms with Crippen LogP contribution in [0.25, 0.3) is 5.57 Å². The first-order valence-electron chi connectivity index (χ1n) is 8.96. The Balaban J connectivity index is 1.64. The summed E-state index contributed by atoms with van der Waals surface area (Å²) in [6.07, 6.45) is 0. The van der Waals surface area contributed by atoms with Crippen LogP contribution < -0.4 is 15.3 Å². The van der Waals surface area contributed by atoms with E-state index in [0.29, 0.717) is 0 Å². The number of nitrogens with zero attached hydrogens (tertiary/aromatic N) is 2. The van der Waals surface area contributed by atoms with Crippen molar-refractivity contribution in [1.82, 2.24) is 0 Å². The first-order chi connectivity index (χ1) is 13.5. The maximum absolute atomic E-state index is 12.7. The topological polar surface area (TPSA) is 71.2 Å². The molecule has 2 heterocycles. The molecule has 3 aromatic rings. The minimum Gasteiger partial charge on any atom is -0.508 e. The summed E-state index contributed by atoms with van der Waals surface area (Å²) in [6, 6.07) is 16.1. The SMILES string of the molecule is CC1=c2c(cc3c(c2C)N=c2ccccc2=3)N=C1C(=O)Oc1cccc(O)c1. The Morgan fingerprint density at radius 2 is 1.79 bits per heavy atom. The van der Waals surface area contributed by atoms with E-state index in [1.165, 1.54) is 12.1 Å². The molecule has 0 aliphatic carbocycles. The molecule has 136 valence electrons. The Bertz CT molecular complexity index is 1440. The zero-order chi connectivity index (χ0) is 19.4. The number of hydrogen-bond donors (Lipinski definition) is 1. The molecule has 0 fully saturated rings. The summed E-state index contributed by atoms with van der Waals surface area (Å²) in [5, 5.41) is 13.6. The standard InChI is InChI=1S/C23H16N2O3/c1-12-20-13(2)22(23(27)28-15-7-5-6-14(26)10-15)25-19(20)11-17-16-8-3-4-9-18(16)24-21(12)17/h3-11,26H,1-2H3. The molecule has 5 heteroatoms. The highest BCUT2D eigenvalue weighted by Crippen LogP contribution is 2.29. The molecule has 28 heavy (non-hydrogen) atoms. The van der Waals surface area contributed by atoms with E-state index in [1.54, 1.807) is 12.1 Å². The number of aromatic hydroxyl groups is 1. The lowest BCUT2D eigenvalue weighted by Gasteiger charge is -2.05. The first kappa shape index (κ1) is 16.4. The van der Waals surface area contributed by atoms with Crippen LogP contribution in [0.15, 0.2) is 64.6 Å². The third-order valence-corrected chi connectivity index (χ3v) is 5.13. The molecule has 1 N–H and O–H groups in total. The van der Waals surface area contributed by atoms with E-state index in [0.717, 1.165) is 43.5 Å². The number of benzene rings is 3. The average Bonchev–Trinajstić information content (AvgIpc) is 3.21. The number of esters is 1. The van der Waals surface area contributed by atoms with Crippen molar-refractivity contribution in [3.63, 3.8) is 0 Å². The summed E-state index contributed by atoms with van der Waals surface area (Å²) < 4.78 is 5.40. The number of ether oxygens (including phenoxy) is 1. The van der Waals surface area contributed by atoms with Crippen LogP contribution in [0.3, 0.4) is 0 Å². The van der Waals surface area contributed by atoms with E-state index >= 15 is 0 Å². The Morgan fingerprint density at radius 1 is 0.964 bits per heavy atom. The molecule has 3 aromatic carbocycles. The van der Waals surface area contributed by atoms with Gasteiger partial charge in [-0.15, -0.1) is 0 Å². The van der Waals surface area contributed by atoms with Gasteiger partial charge in [-0.1, -0.05) is 24.3 Å². The molecule has 0 bridgehead atoms. The van der Waals surface area contributed by atoms with E-state index in [1.807, 2.05) is 44.2 Å². The molecule has 2 aliphatic rings. The van der Waals surface area contributed by atoms with Crippen LogP contribution in [0.1, 0.15) is 12.5 Å². The van der Waals surface area contributed by atoms with Crippen LogP contribution in [-0.4, -0.2) is 16.8 Å². The summed E-state index contributed by atoms with van der Waals surface area (Å²) in [4.78, 5) is 22.0. The number of phenolic OH excluding ortho intramolecular Hbond substituents is 1. The Hall–Kier alpha value is -3.73. The molecule has 0 radical (unpaired) electrons. The molecule has 0 saturated heterocycles. The van der Waals surface area contributed by atoms with Gasteiger partial charge in [-0.25, -0.2) is 14.8 Å². The second-order valence-corrected chi connectivity index (χ2v) is 6.89. The monoisotopic (exact) mass is 368 g/mol. The molecule has 5 rings (SSSR count). The molecule has 0 spiro atoms. The molecule has 5 nitrogen and oxygen atoms in total. The highest BCUT2D eigenvalue weighted by atomic mass is 16.5. The number of fused-ring (bicyclic) bond motifs is 3. The van der Waals surface area contributed by atoms with E-state index in [2.05, 4.69) is 4.99 Å². The van der Waals surface area contributed by atoms with E-state index in [4.69, 9.17) is 9.73 Å². The van der Waals surface area contributed by atoms with Crippen LogP contribution in [0, 0.1) is 17.4 Å². The van der Waals surface area contributed by atoms with E-state index in [-0.39, 0.29) is 17.2 Å². The second-order valence-electron chi connectivity index (χ2n) is 6.89. The van der Waals surface area contributed by atoms with Gasteiger partial charge >= 0.3 is 5.97 Å². The normalized spacial score (nSPS) is 13.4. The summed E-state index contributed by atoms with van der Waals surface area (Å²) in [5.41, 5.74) is 3.73. The summed E-state index contributed by atoms with van der Waals surface area (Å²) >= 11 is 0. The van der Waals surface area contributed by atoms with Crippen molar-refractivity contribution < 1.29 is 14.6 Å². The fraction of sp³-hybridized carbons (Fsp3) is 0.0870. The maximum Gasteiger partial charge on any atom is 0.362 e. The Morgan fingerprint density at radius 3 is 2.61 bits per heavy atom. The van der Waals surface area contributed by atoms with Crippen LogP contribution in [0.4, 0.5) is 11.4 Å². The number of hydrogen-bond acceptors (Lipinski definition) is 5. The summed E-state index contributed by atoms with van der Waals surface area (Å²) in [6.45, 7) is 3.88. The van der Waals surface area contributed by atoms with Crippen molar-refractivity contribution in [2.75, 3.05) is 0 Å². The zero-order valence-electron chi connectivity index (χ0n) is 15.4. The van der Waals surface area contributed by atoms with Crippen molar-refractivity contribution in [2.24, 2.45) is 9.98 Å². The molecular weight excluding hydrogens is 352 g/mol. The minimum absolute atomic E-state index is 0.0372. The summed E-state index contributed by atoms with van der Waals surface area (Å²) in [7, 11) is 0. The molecule has 0 atom stereocenters. The van der Waals surface area contributed by atoms with Gasteiger partial charge < -0.3 is 9.84 Å². The fourth-order valence-electron chi connectivity index (χ4n) is 3.84. The molecular formula is C23H16N2O3. The second kappa shape index (κ2) is 5.89. The largest absolute Gasteiger partial charge is 0.508 e. The Labute approximate surface area is 160 Å². The number of aliphatic imine (C=N–C) groups is 1. The third kappa shape index (κ3) is 2.36. The van der Waals surface area contributed by atoms with E-state index in [9.17, 15) is 9.90 Å². The Kier molecular flexibility index (Phi) is 3.46. The number of carbonyl (C=O) groups excluding carboxylic acids is 1. The van der Waals surface area contributed by atoms with Crippen molar-refractivity contribution in [2.45, 2.75) is 13.8 Å². The lowest BCUT2D eigenvalue weighted by atomic mass is 10.0. The van der Waals surface area contributed by atoms with Crippen molar-refractivity contribution >= 4 is 28.6 Å². The fourth-order valence-corrected chi connectivity index (χ4v) is 3.84. The van der Waals surface area contributed by atoms with Gasteiger partial charge in [-0.3, -0.25) is 0 Å². The quantitative estimate of drug-likeness (QED) is 0.437. The van der Waals surface area contributed by atoms with Gasteiger partial charge in [0.2, 0.25) is 0 Å². The van der Waals surface area contributed by atoms with Crippen molar-refractivity contribution in [1.29, 1.82) is 0 Å². The smallest absolute Gasteiger partial charge is 0.362 e. The lowest BCUT2D eigenvalue weighted by Crippen LogP contribution is -2.21. The average molecular weight is 368 g/mol. The van der Waals surface area contributed by atoms with Gasteiger partial charge in [0.15, 0.2) is 5.71 Å². The van der Waals surface area contributed by atoms with Crippen molar-refractivity contribution in [3.05, 3.63) is 81.2 Å². The summed E-state index contributed by atoms with van der Waals surface area (Å²) in [5.74, 6) is -0.231. The molecule has 0 aromatic heterocycles. The number of para-hydroxylation sites is 1.